The van der Waals surface area contributed by atoms with Gasteiger partial charge in [0.15, 0.2) is 0 Å². The number of carbonyl (C=O) groups is 1. The summed E-state index contributed by atoms with van der Waals surface area (Å²) in [5, 5.41) is 4.29. The van der Waals surface area contributed by atoms with Gasteiger partial charge in [-0.1, -0.05) is 0 Å². The topological polar surface area (TPSA) is 44.1 Å². The van der Waals surface area contributed by atoms with Crippen LogP contribution in [-0.4, -0.2) is 22.4 Å². The second kappa shape index (κ2) is 3.44. The number of hydrogen-bond donors (Lipinski definition) is 0. The normalized spacial score (nSPS) is 15.6. The van der Waals surface area contributed by atoms with Gasteiger partial charge in [-0.25, -0.2) is 4.79 Å². The largest absolute Gasteiger partial charge is 0.461 e. The van der Waals surface area contributed by atoms with E-state index in [9.17, 15) is 4.79 Å². The van der Waals surface area contributed by atoms with E-state index in [1.807, 2.05) is 6.07 Å². The van der Waals surface area contributed by atoms with E-state index >= 15 is 0 Å². The van der Waals surface area contributed by atoms with Gasteiger partial charge in [0.1, 0.15) is 5.69 Å². The molecule has 76 valence electrons. The van der Waals surface area contributed by atoms with E-state index in [-0.39, 0.29) is 5.97 Å². The Kier molecular flexibility index (Phi) is 2.27. The number of nitrogens with zero attached hydrogens (tertiary/aromatic N) is 2. The summed E-state index contributed by atoms with van der Waals surface area (Å²) >= 11 is 0. The maximum absolute atomic E-state index is 11.4. The summed E-state index contributed by atoms with van der Waals surface area (Å²) in [6.07, 6.45) is 2.39. The minimum Gasteiger partial charge on any atom is -0.461 e. The molecule has 0 aromatic carbocycles. The Morgan fingerprint density at radius 2 is 2.43 bits per heavy atom. The third-order valence-electron chi connectivity index (χ3n) is 2.38. The van der Waals surface area contributed by atoms with Crippen molar-refractivity contribution in [1.82, 2.24) is 9.78 Å². The molecule has 0 radical (unpaired) electrons. The summed E-state index contributed by atoms with van der Waals surface area (Å²) in [4.78, 5) is 11.4. The van der Waals surface area contributed by atoms with Crippen LogP contribution in [0, 0.1) is 0 Å². The van der Waals surface area contributed by atoms with Crippen molar-refractivity contribution in [2.45, 2.75) is 25.7 Å². The molecule has 1 heterocycles. The monoisotopic (exact) mass is 194 g/mol. The number of carbonyl (C=O) groups excluding carboxylic acids is 1. The molecular formula is C10H14N2O2. The molecule has 0 amide bonds. The number of aryl methyl sites for hydroxylation is 1. The first-order chi connectivity index (χ1) is 6.72. The zero-order chi connectivity index (χ0) is 10.1. The van der Waals surface area contributed by atoms with Gasteiger partial charge in [-0.05, 0) is 25.8 Å². The minimum atomic E-state index is -0.283. The quantitative estimate of drug-likeness (QED) is 0.684. The number of aromatic nitrogens is 2. The van der Waals surface area contributed by atoms with Crippen molar-refractivity contribution in [3.8, 4) is 0 Å². The van der Waals surface area contributed by atoms with E-state index in [0.717, 1.165) is 5.69 Å². The van der Waals surface area contributed by atoms with Crippen LogP contribution in [0.3, 0.4) is 0 Å². The van der Waals surface area contributed by atoms with E-state index in [4.69, 9.17) is 4.74 Å². The van der Waals surface area contributed by atoms with Gasteiger partial charge in [0.2, 0.25) is 0 Å². The van der Waals surface area contributed by atoms with Crippen LogP contribution in [0.25, 0.3) is 0 Å². The van der Waals surface area contributed by atoms with E-state index in [0.29, 0.717) is 18.2 Å². The van der Waals surface area contributed by atoms with E-state index in [2.05, 4.69) is 5.10 Å². The van der Waals surface area contributed by atoms with Gasteiger partial charge in [0.25, 0.3) is 0 Å². The van der Waals surface area contributed by atoms with Crippen molar-refractivity contribution in [1.29, 1.82) is 0 Å². The summed E-state index contributed by atoms with van der Waals surface area (Å²) in [5.41, 5.74) is 1.57. The molecule has 0 spiro atoms. The Morgan fingerprint density at radius 3 is 3.00 bits per heavy atom. The fraction of sp³-hybridized carbons (Fsp3) is 0.600. The third-order valence-corrected chi connectivity index (χ3v) is 2.38. The van der Waals surface area contributed by atoms with Crippen molar-refractivity contribution in [3.05, 3.63) is 17.5 Å². The molecule has 1 aliphatic rings. The molecule has 4 nitrogen and oxygen atoms in total. The second-order valence-electron chi connectivity index (χ2n) is 3.57. The Labute approximate surface area is 82.9 Å². The van der Waals surface area contributed by atoms with Crippen molar-refractivity contribution in [2.75, 3.05) is 6.61 Å². The maximum atomic E-state index is 11.4. The predicted molar refractivity (Wildman–Crippen MR) is 51.1 cm³/mol. The summed E-state index contributed by atoms with van der Waals surface area (Å²) in [5.74, 6) is 0.291. The summed E-state index contributed by atoms with van der Waals surface area (Å²) in [7, 11) is 1.78. The van der Waals surface area contributed by atoms with Crippen LogP contribution in [0.5, 0.6) is 0 Å². The van der Waals surface area contributed by atoms with Crippen molar-refractivity contribution in [3.63, 3.8) is 0 Å². The molecule has 0 atom stereocenters. The number of ether oxygens (including phenoxy) is 1. The fourth-order valence-corrected chi connectivity index (χ4v) is 1.46. The Bertz CT molecular complexity index is 353. The lowest BCUT2D eigenvalue weighted by Gasteiger charge is -2.00. The van der Waals surface area contributed by atoms with Crippen molar-refractivity contribution >= 4 is 5.97 Å². The van der Waals surface area contributed by atoms with Crippen LogP contribution in [0.1, 0.15) is 41.9 Å². The Morgan fingerprint density at radius 1 is 1.71 bits per heavy atom. The highest BCUT2D eigenvalue weighted by Crippen LogP contribution is 2.39. The molecule has 14 heavy (non-hydrogen) atoms. The summed E-state index contributed by atoms with van der Waals surface area (Å²) in [6.45, 7) is 2.21. The first-order valence-electron chi connectivity index (χ1n) is 4.93. The Hall–Kier alpha value is -1.32. The SMILES string of the molecule is CCOC(=O)c1cc(C2CC2)nn1C. The molecule has 0 N–H and O–H groups in total. The van der Waals surface area contributed by atoms with Gasteiger partial charge in [0.05, 0.1) is 12.3 Å². The lowest BCUT2D eigenvalue weighted by Crippen LogP contribution is -2.10. The number of hydrogen-bond acceptors (Lipinski definition) is 3. The zero-order valence-corrected chi connectivity index (χ0v) is 8.49. The van der Waals surface area contributed by atoms with E-state index < -0.39 is 0 Å². The smallest absolute Gasteiger partial charge is 0.356 e. The standard InChI is InChI=1S/C10H14N2O2/c1-3-14-10(13)9-6-8(7-4-5-7)11-12(9)2/h6-7H,3-5H2,1-2H3. The fourth-order valence-electron chi connectivity index (χ4n) is 1.46. The van der Waals surface area contributed by atoms with Gasteiger partial charge >= 0.3 is 5.97 Å². The number of esters is 1. The van der Waals surface area contributed by atoms with E-state index in [1.54, 1.807) is 18.7 Å². The lowest BCUT2D eigenvalue weighted by molar-refractivity contribution is 0.0513. The highest BCUT2D eigenvalue weighted by Gasteiger charge is 2.28. The average molecular weight is 194 g/mol. The molecule has 1 fully saturated rings. The van der Waals surface area contributed by atoms with Crippen LogP contribution in [0.2, 0.25) is 0 Å². The predicted octanol–water partition coefficient (Wildman–Crippen LogP) is 1.47. The van der Waals surface area contributed by atoms with Gasteiger partial charge < -0.3 is 4.74 Å². The van der Waals surface area contributed by atoms with Crippen LogP contribution in [0.15, 0.2) is 6.07 Å². The van der Waals surface area contributed by atoms with Crippen LogP contribution in [-0.2, 0) is 11.8 Å². The third kappa shape index (κ3) is 1.64. The zero-order valence-electron chi connectivity index (χ0n) is 8.49. The van der Waals surface area contributed by atoms with E-state index in [1.165, 1.54) is 12.8 Å². The van der Waals surface area contributed by atoms with Crippen molar-refractivity contribution < 1.29 is 9.53 Å². The highest BCUT2D eigenvalue weighted by molar-refractivity contribution is 5.87. The molecular weight excluding hydrogens is 180 g/mol. The van der Waals surface area contributed by atoms with Gasteiger partial charge in [-0.3, -0.25) is 4.68 Å². The Balaban J connectivity index is 2.19. The summed E-state index contributed by atoms with van der Waals surface area (Å²) < 4.78 is 6.53. The molecule has 0 aliphatic heterocycles. The molecule has 0 saturated heterocycles. The first kappa shape index (κ1) is 9.24. The number of rotatable bonds is 3. The minimum absolute atomic E-state index is 0.283. The van der Waals surface area contributed by atoms with Gasteiger partial charge in [-0.2, -0.15) is 5.10 Å². The second-order valence-corrected chi connectivity index (χ2v) is 3.57. The van der Waals surface area contributed by atoms with Gasteiger partial charge in [0, 0.05) is 13.0 Å². The van der Waals surface area contributed by atoms with Crippen LogP contribution < -0.4 is 0 Å². The molecule has 1 aromatic rings. The highest BCUT2D eigenvalue weighted by atomic mass is 16.5. The molecule has 1 aromatic heterocycles. The molecule has 1 aliphatic carbocycles. The van der Waals surface area contributed by atoms with Crippen LogP contribution >= 0.6 is 0 Å². The van der Waals surface area contributed by atoms with Gasteiger partial charge in [-0.15, -0.1) is 0 Å². The molecule has 4 heteroatoms. The van der Waals surface area contributed by atoms with Crippen LogP contribution in [0.4, 0.5) is 0 Å². The molecule has 0 unspecified atom stereocenters. The van der Waals surface area contributed by atoms with Crippen molar-refractivity contribution in [2.24, 2.45) is 7.05 Å². The first-order valence-corrected chi connectivity index (χ1v) is 4.93. The molecule has 0 bridgehead atoms. The average Bonchev–Trinajstić information content (AvgIpc) is 2.91. The molecule has 2 rings (SSSR count). The lowest BCUT2D eigenvalue weighted by atomic mass is 10.3. The maximum Gasteiger partial charge on any atom is 0.356 e. The molecule has 1 saturated carbocycles. The summed E-state index contributed by atoms with van der Waals surface area (Å²) in [6, 6.07) is 1.84.